The van der Waals surface area contributed by atoms with Gasteiger partial charge in [0.05, 0.1) is 48.5 Å². The van der Waals surface area contributed by atoms with E-state index < -0.39 is 108 Å². The number of para-hydroxylation sites is 1. The van der Waals surface area contributed by atoms with E-state index in [4.69, 9.17) is 28.4 Å². The van der Waals surface area contributed by atoms with Crippen molar-refractivity contribution in [2.45, 2.75) is 191 Å². The molecule has 0 spiro atoms. The van der Waals surface area contributed by atoms with Crippen LogP contribution in [0.1, 0.15) is 94.9 Å². The van der Waals surface area contributed by atoms with Crippen LogP contribution in [0.25, 0.3) is 0 Å². The minimum atomic E-state index is -1.87. The van der Waals surface area contributed by atoms with Crippen LogP contribution in [0.2, 0.25) is 0 Å². The standard InChI is InChI=1S/C48H79N5O13/c1-14-36-47(10,59)40(55)32(6)49-26-28(2)24-45(8,58)41(66-43-38(54)35(23-29(3)62-43)52(12)44(57)51(11)34-19-16-15-17-20-34)30(4)39(31(5)42(56)64-36)65-37-25-46(9,61-13)48(60,33(7)63-37)27-53-22-18-21-50-53/h15-22,28-33,35-41,43,49,54-55,58-60H,14,23-27H2,1-13H3/t28-,29-,30+,31-,32-,33+,35+,36-,37+,38-,39+,40-,41-,43+,45-,46-,47-,48+/m1/s1. The first-order valence-electron chi connectivity index (χ1n) is 23.5. The molecule has 2 amide bonds. The Kier molecular flexibility index (Phi) is 17.5. The van der Waals surface area contributed by atoms with Crippen molar-refractivity contribution in [1.82, 2.24) is 20.0 Å². The van der Waals surface area contributed by atoms with Gasteiger partial charge in [0.25, 0.3) is 0 Å². The third-order valence-electron chi connectivity index (χ3n) is 14.7. The molecule has 2 aromatic rings. The highest BCUT2D eigenvalue weighted by Gasteiger charge is 2.59. The van der Waals surface area contributed by atoms with Crippen LogP contribution in [0, 0.1) is 17.8 Å². The second kappa shape index (κ2) is 21.6. The summed E-state index contributed by atoms with van der Waals surface area (Å²) in [6.45, 7) is 17.5. The Bertz CT molecular complexity index is 1860. The van der Waals surface area contributed by atoms with Gasteiger partial charge in [-0.2, -0.15) is 5.10 Å². The van der Waals surface area contributed by atoms with Gasteiger partial charge in [-0.25, -0.2) is 4.79 Å². The smallest absolute Gasteiger partial charge is 0.324 e. The maximum absolute atomic E-state index is 14.5. The second-order valence-electron chi connectivity index (χ2n) is 20.0. The van der Waals surface area contributed by atoms with Crippen LogP contribution in [0.5, 0.6) is 0 Å². The molecule has 1 aromatic carbocycles. The molecule has 5 rings (SSSR count). The summed E-state index contributed by atoms with van der Waals surface area (Å²) < 4.78 is 40.3. The summed E-state index contributed by atoms with van der Waals surface area (Å²) in [6.07, 6.45) is -6.16. The number of cyclic esters (lactones) is 1. The van der Waals surface area contributed by atoms with E-state index in [1.165, 1.54) is 23.8 Å². The normalized spacial score (nSPS) is 42.1. The Morgan fingerprint density at radius 1 is 0.970 bits per heavy atom. The van der Waals surface area contributed by atoms with Crippen LogP contribution in [0.15, 0.2) is 48.8 Å². The average molecular weight is 934 g/mol. The number of esters is 1. The van der Waals surface area contributed by atoms with Gasteiger partial charge in [0.15, 0.2) is 12.6 Å². The zero-order valence-corrected chi connectivity index (χ0v) is 41.2. The number of carbonyl (C=O) groups is 2. The van der Waals surface area contributed by atoms with Gasteiger partial charge in [-0.15, -0.1) is 0 Å². The van der Waals surface area contributed by atoms with Crippen LogP contribution >= 0.6 is 0 Å². The van der Waals surface area contributed by atoms with Crippen LogP contribution in [-0.2, 0) is 39.8 Å². The maximum atomic E-state index is 14.5. The summed E-state index contributed by atoms with van der Waals surface area (Å²) in [6, 6.07) is 9.13. The first kappa shape index (κ1) is 53.7. The quantitative estimate of drug-likeness (QED) is 0.188. The maximum Gasteiger partial charge on any atom is 0.324 e. The summed E-state index contributed by atoms with van der Waals surface area (Å²) in [5.41, 5.74) is -5.76. The molecule has 18 nitrogen and oxygen atoms in total. The summed E-state index contributed by atoms with van der Waals surface area (Å²) in [5.74, 6) is -3.03. The van der Waals surface area contributed by atoms with Gasteiger partial charge >= 0.3 is 12.0 Å². The van der Waals surface area contributed by atoms with Gasteiger partial charge in [0, 0.05) is 57.7 Å². The van der Waals surface area contributed by atoms with Crippen molar-refractivity contribution < 1.29 is 63.5 Å². The lowest BCUT2D eigenvalue weighted by Gasteiger charge is -2.53. The molecule has 3 aliphatic rings. The molecule has 0 saturated carbocycles. The van der Waals surface area contributed by atoms with Gasteiger partial charge in [-0.1, -0.05) is 39.0 Å². The fourth-order valence-electron chi connectivity index (χ4n) is 10.4. The predicted octanol–water partition coefficient (Wildman–Crippen LogP) is 3.45. The van der Waals surface area contributed by atoms with E-state index in [9.17, 15) is 35.1 Å². The molecule has 374 valence electrons. The summed E-state index contributed by atoms with van der Waals surface area (Å²) in [7, 11) is 4.77. The van der Waals surface area contributed by atoms with Gasteiger partial charge in [-0.3, -0.25) is 14.4 Å². The number of aliphatic hydroxyl groups excluding tert-OH is 2. The van der Waals surface area contributed by atoms with E-state index in [1.54, 1.807) is 85.7 Å². The minimum Gasteiger partial charge on any atom is -0.459 e. The number of methoxy groups -OCH3 is 1. The highest BCUT2D eigenvalue weighted by atomic mass is 16.7. The molecule has 0 radical (unpaired) electrons. The number of benzene rings is 1. The third kappa shape index (κ3) is 11.4. The molecule has 0 aliphatic carbocycles. The van der Waals surface area contributed by atoms with Crippen molar-refractivity contribution in [2.24, 2.45) is 17.8 Å². The van der Waals surface area contributed by atoms with Crippen molar-refractivity contribution in [2.75, 3.05) is 32.6 Å². The topological polar surface area (TPSA) is 227 Å². The first-order chi connectivity index (χ1) is 30.8. The van der Waals surface area contributed by atoms with Crippen LogP contribution < -0.4 is 10.2 Å². The molecule has 3 saturated heterocycles. The van der Waals surface area contributed by atoms with E-state index >= 15 is 0 Å². The van der Waals surface area contributed by atoms with E-state index in [2.05, 4.69) is 10.4 Å². The van der Waals surface area contributed by atoms with E-state index in [0.717, 1.165) is 0 Å². The van der Waals surface area contributed by atoms with Crippen LogP contribution in [0.3, 0.4) is 0 Å². The molecule has 18 heteroatoms. The number of anilines is 1. The number of hydrogen-bond donors (Lipinski definition) is 6. The molecule has 1 aromatic heterocycles. The number of rotatable bonds is 10. The number of nitrogens with zero attached hydrogens (tertiary/aromatic N) is 4. The number of carbonyl (C=O) groups excluding carboxylic acids is 2. The number of amides is 2. The Morgan fingerprint density at radius 2 is 1.64 bits per heavy atom. The molecule has 0 bridgehead atoms. The van der Waals surface area contributed by atoms with Gasteiger partial charge in [-0.05, 0) is 98.4 Å². The summed E-state index contributed by atoms with van der Waals surface area (Å²) >= 11 is 0. The highest BCUT2D eigenvalue weighted by molar-refractivity contribution is 5.91. The van der Waals surface area contributed by atoms with Crippen molar-refractivity contribution in [3.8, 4) is 0 Å². The number of aliphatic hydroxyl groups is 5. The van der Waals surface area contributed by atoms with Crippen molar-refractivity contribution >= 4 is 17.7 Å². The Labute approximate surface area is 390 Å². The molecular weight excluding hydrogens is 855 g/mol. The number of aromatic nitrogens is 2. The summed E-state index contributed by atoms with van der Waals surface area (Å²) in [5, 5.41) is 68.0. The van der Waals surface area contributed by atoms with Crippen LogP contribution in [-0.4, -0.2) is 170 Å². The number of ether oxygens (including phenoxy) is 6. The number of nitrogens with one attached hydrogen (secondary N) is 1. The molecule has 0 unspecified atom stereocenters. The Balaban J connectivity index is 1.55. The SMILES string of the molecule is CC[C@H]1OC(=O)[C@H](C)[C@@H](O[C@H]2C[C@@](C)(OC)[C@](O)(Cn3cccn3)[C@H](C)O2)[C@H](C)[C@@H](O[C@@H]2O[C@H](C)C[C@H](N(C)C(=O)N(C)c3ccccc3)[C@H]2O)[C@](C)(O)C[C@@H](C)CN[C@H](C)[C@@H](O)[C@]1(C)O. The molecule has 6 N–H and O–H groups in total. The first-order valence-corrected chi connectivity index (χ1v) is 23.5. The van der Waals surface area contributed by atoms with E-state index in [1.807, 2.05) is 44.2 Å². The van der Waals surface area contributed by atoms with E-state index in [-0.39, 0.29) is 44.2 Å². The van der Waals surface area contributed by atoms with Crippen molar-refractivity contribution in [3.05, 3.63) is 48.8 Å². The third-order valence-corrected chi connectivity index (χ3v) is 14.7. The minimum absolute atomic E-state index is 0.000963. The van der Waals surface area contributed by atoms with E-state index in [0.29, 0.717) is 12.2 Å². The zero-order valence-electron chi connectivity index (χ0n) is 41.2. The zero-order chi connectivity index (χ0) is 49.1. The molecule has 4 heterocycles. The lowest BCUT2D eigenvalue weighted by molar-refractivity contribution is -0.340. The van der Waals surface area contributed by atoms with Crippen LogP contribution in [0.4, 0.5) is 10.5 Å². The molecule has 3 fully saturated rings. The fourth-order valence-corrected chi connectivity index (χ4v) is 10.4. The monoisotopic (exact) mass is 934 g/mol. The van der Waals surface area contributed by atoms with Gasteiger partial charge < -0.3 is 64.2 Å². The average Bonchev–Trinajstić information content (AvgIpc) is 3.79. The van der Waals surface area contributed by atoms with Gasteiger partial charge in [0.2, 0.25) is 0 Å². The number of urea groups is 1. The number of likely N-dealkylation sites (N-methyl/N-ethyl adjacent to an activating group) is 1. The molecule has 3 aliphatic heterocycles. The number of hydrogen-bond acceptors (Lipinski definition) is 15. The van der Waals surface area contributed by atoms with Gasteiger partial charge in [0.1, 0.15) is 35.1 Å². The second-order valence-corrected chi connectivity index (χ2v) is 20.0. The summed E-state index contributed by atoms with van der Waals surface area (Å²) in [4.78, 5) is 31.4. The van der Waals surface area contributed by atoms with Crippen molar-refractivity contribution in [1.29, 1.82) is 0 Å². The molecular formula is C48H79N5O13. The lowest BCUT2D eigenvalue weighted by atomic mass is 9.75. The molecule has 18 atom stereocenters. The van der Waals surface area contributed by atoms with Crippen molar-refractivity contribution in [3.63, 3.8) is 0 Å². The lowest BCUT2D eigenvalue weighted by Crippen LogP contribution is -2.68. The Morgan fingerprint density at radius 3 is 2.24 bits per heavy atom. The molecule has 66 heavy (non-hydrogen) atoms. The Hall–Kier alpha value is -3.27. The fraction of sp³-hybridized carbons (Fsp3) is 0.771. The largest absolute Gasteiger partial charge is 0.459 e. The highest BCUT2D eigenvalue weighted by Crippen LogP contribution is 2.44. The predicted molar refractivity (Wildman–Crippen MR) is 245 cm³/mol.